The van der Waals surface area contributed by atoms with Crippen LogP contribution < -0.4 is 5.73 Å². The zero-order valence-corrected chi connectivity index (χ0v) is 8.43. The Hall–Kier alpha value is -1.52. The number of anilines is 1. The second-order valence-corrected chi connectivity index (χ2v) is 3.05. The number of nitrogens with two attached hydrogens (primary N) is 1. The molecule has 0 aromatic carbocycles. The SMILES string of the molecule is CCCC(C(=O)OC)n1ccc(N)n1. The summed E-state index contributed by atoms with van der Waals surface area (Å²) in [6, 6.07) is 1.30. The summed E-state index contributed by atoms with van der Waals surface area (Å²) < 4.78 is 6.23. The maximum atomic E-state index is 11.4. The van der Waals surface area contributed by atoms with Crippen LogP contribution in [0.2, 0.25) is 0 Å². The summed E-state index contributed by atoms with van der Waals surface area (Å²) in [4.78, 5) is 11.4. The van der Waals surface area contributed by atoms with Crippen LogP contribution in [-0.4, -0.2) is 22.9 Å². The average Bonchev–Trinajstić information content (AvgIpc) is 2.60. The molecule has 5 heteroatoms. The number of nitrogens with zero attached hydrogens (tertiary/aromatic N) is 2. The first-order valence-electron chi connectivity index (χ1n) is 4.57. The van der Waals surface area contributed by atoms with Gasteiger partial charge < -0.3 is 10.5 Å². The summed E-state index contributed by atoms with van der Waals surface area (Å²) in [5.74, 6) is 0.130. The second-order valence-electron chi connectivity index (χ2n) is 3.05. The highest BCUT2D eigenvalue weighted by atomic mass is 16.5. The first-order valence-corrected chi connectivity index (χ1v) is 4.57. The standard InChI is InChI=1S/C9H15N3O2/c1-3-4-7(9(13)14-2)12-6-5-8(10)11-12/h5-7H,3-4H2,1-2H3,(H2,10,11). The molecule has 0 fully saturated rings. The van der Waals surface area contributed by atoms with E-state index in [1.54, 1.807) is 16.9 Å². The number of methoxy groups -OCH3 is 1. The predicted octanol–water partition coefficient (Wildman–Crippen LogP) is 0.979. The average molecular weight is 197 g/mol. The number of carbonyl (C=O) groups excluding carboxylic acids is 1. The number of carbonyl (C=O) groups is 1. The molecule has 14 heavy (non-hydrogen) atoms. The minimum absolute atomic E-state index is 0.282. The van der Waals surface area contributed by atoms with Gasteiger partial charge in [-0.25, -0.2) is 4.79 Å². The molecule has 2 N–H and O–H groups in total. The van der Waals surface area contributed by atoms with Crippen LogP contribution in [0.4, 0.5) is 5.82 Å². The van der Waals surface area contributed by atoms with Crippen LogP contribution in [0, 0.1) is 0 Å². The van der Waals surface area contributed by atoms with Crippen LogP contribution in [-0.2, 0) is 9.53 Å². The van der Waals surface area contributed by atoms with Gasteiger partial charge in [-0.2, -0.15) is 5.10 Å². The summed E-state index contributed by atoms with van der Waals surface area (Å²) in [6.45, 7) is 2.00. The fourth-order valence-corrected chi connectivity index (χ4v) is 1.29. The lowest BCUT2D eigenvalue weighted by molar-refractivity contribution is -0.145. The molecule has 0 bridgehead atoms. The minimum atomic E-state index is -0.359. The molecule has 0 aliphatic rings. The van der Waals surface area contributed by atoms with E-state index in [9.17, 15) is 4.79 Å². The highest BCUT2D eigenvalue weighted by Gasteiger charge is 2.20. The molecular formula is C9H15N3O2. The molecule has 1 heterocycles. The molecule has 5 nitrogen and oxygen atoms in total. The van der Waals surface area contributed by atoms with E-state index >= 15 is 0 Å². The summed E-state index contributed by atoms with van der Waals surface area (Å²) in [6.07, 6.45) is 3.28. The van der Waals surface area contributed by atoms with Crippen molar-refractivity contribution in [1.29, 1.82) is 0 Å². The first kappa shape index (κ1) is 10.6. The topological polar surface area (TPSA) is 70.1 Å². The molecule has 0 spiro atoms. The fraction of sp³-hybridized carbons (Fsp3) is 0.556. The van der Waals surface area contributed by atoms with E-state index in [-0.39, 0.29) is 12.0 Å². The van der Waals surface area contributed by atoms with Crippen molar-refractivity contribution in [2.45, 2.75) is 25.8 Å². The normalized spacial score (nSPS) is 12.4. The third-order valence-electron chi connectivity index (χ3n) is 1.98. The van der Waals surface area contributed by atoms with E-state index in [4.69, 9.17) is 5.73 Å². The highest BCUT2D eigenvalue weighted by molar-refractivity contribution is 5.73. The van der Waals surface area contributed by atoms with E-state index in [0.29, 0.717) is 12.2 Å². The molecule has 1 aromatic heterocycles. The van der Waals surface area contributed by atoms with Crippen molar-refractivity contribution in [3.63, 3.8) is 0 Å². The van der Waals surface area contributed by atoms with Gasteiger partial charge in [-0.05, 0) is 12.5 Å². The lowest BCUT2D eigenvalue weighted by Crippen LogP contribution is -2.21. The Kier molecular flexibility index (Phi) is 3.50. The molecule has 1 unspecified atom stereocenters. The van der Waals surface area contributed by atoms with Gasteiger partial charge in [-0.1, -0.05) is 13.3 Å². The number of hydrogen-bond acceptors (Lipinski definition) is 4. The summed E-state index contributed by atoms with van der Waals surface area (Å²) in [7, 11) is 1.37. The van der Waals surface area contributed by atoms with E-state index in [1.165, 1.54) is 7.11 Å². The molecule has 1 atom stereocenters. The maximum Gasteiger partial charge on any atom is 0.330 e. The van der Waals surface area contributed by atoms with Crippen molar-refractivity contribution >= 4 is 11.8 Å². The van der Waals surface area contributed by atoms with Gasteiger partial charge in [0.05, 0.1) is 7.11 Å². The van der Waals surface area contributed by atoms with Crippen LogP contribution in [0.25, 0.3) is 0 Å². The van der Waals surface area contributed by atoms with Crippen LogP contribution in [0.1, 0.15) is 25.8 Å². The number of rotatable bonds is 4. The lowest BCUT2D eigenvalue weighted by Gasteiger charge is -2.13. The summed E-state index contributed by atoms with van der Waals surface area (Å²) in [5, 5.41) is 3.99. The molecule has 0 aliphatic carbocycles. The van der Waals surface area contributed by atoms with Crippen molar-refractivity contribution in [1.82, 2.24) is 9.78 Å². The van der Waals surface area contributed by atoms with E-state index < -0.39 is 0 Å². The van der Waals surface area contributed by atoms with E-state index in [0.717, 1.165) is 6.42 Å². The molecule has 78 valence electrons. The second kappa shape index (κ2) is 4.64. The van der Waals surface area contributed by atoms with Gasteiger partial charge in [0.15, 0.2) is 0 Å². The number of ether oxygens (including phenoxy) is 1. The Labute approximate surface area is 82.8 Å². The van der Waals surface area contributed by atoms with Crippen molar-refractivity contribution in [2.24, 2.45) is 0 Å². The Bertz CT molecular complexity index is 309. The summed E-state index contributed by atoms with van der Waals surface area (Å²) in [5.41, 5.74) is 5.47. The summed E-state index contributed by atoms with van der Waals surface area (Å²) >= 11 is 0. The number of nitrogen functional groups attached to an aromatic ring is 1. The number of aromatic nitrogens is 2. The smallest absolute Gasteiger partial charge is 0.330 e. The van der Waals surface area contributed by atoms with Crippen LogP contribution in [0.3, 0.4) is 0 Å². The van der Waals surface area contributed by atoms with Gasteiger partial charge in [-0.15, -0.1) is 0 Å². The molecule has 0 amide bonds. The van der Waals surface area contributed by atoms with Crippen LogP contribution in [0.15, 0.2) is 12.3 Å². The lowest BCUT2D eigenvalue weighted by atomic mass is 10.2. The maximum absolute atomic E-state index is 11.4. The van der Waals surface area contributed by atoms with Gasteiger partial charge in [0.25, 0.3) is 0 Å². The zero-order chi connectivity index (χ0) is 10.6. The Balaban J connectivity index is 2.82. The monoisotopic (exact) mass is 197 g/mol. The van der Waals surface area contributed by atoms with E-state index in [2.05, 4.69) is 9.84 Å². The first-order chi connectivity index (χ1) is 6.69. The third kappa shape index (κ3) is 2.25. The Morgan fingerprint density at radius 2 is 2.50 bits per heavy atom. The van der Waals surface area contributed by atoms with Crippen LogP contribution >= 0.6 is 0 Å². The Morgan fingerprint density at radius 3 is 2.93 bits per heavy atom. The van der Waals surface area contributed by atoms with Gasteiger partial charge in [0.2, 0.25) is 0 Å². The van der Waals surface area contributed by atoms with Crippen LogP contribution in [0.5, 0.6) is 0 Å². The van der Waals surface area contributed by atoms with Crippen molar-refractivity contribution < 1.29 is 9.53 Å². The fourth-order valence-electron chi connectivity index (χ4n) is 1.29. The largest absolute Gasteiger partial charge is 0.467 e. The zero-order valence-electron chi connectivity index (χ0n) is 8.43. The molecule has 1 rings (SSSR count). The van der Waals surface area contributed by atoms with Crippen molar-refractivity contribution in [3.8, 4) is 0 Å². The molecule has 0 radical (unpaired) electrons. The number of esters is 1. The molecular weight excluding hydrogens is 182 g/mol. The molecule has 0 aliphatic heterocycles. The molecule has 0 saturated carbocycles. The quantitative estimate of drug-likeness (QED) is 0.730. The third-order valence-corrected chi connectivity index (χ3v) is 1.98. The van der Waals surface area contributed by atoms with E-state index in [1.807, 2.05) is 6.92 Å². The molecule has 0 saturated heterocycles. The predicted molar refractivity (Wildman–Crippen MR) is 52.6 cm³/mol. The van der Waals surface area contributed by atoms with Gasteiger partial charge in [0.1, 0.15) is 11.9 Å². The minimum Gasteiger partial charge on any atom is -0.467 e. The van der Waals surface area contributed by atoms with Crippen molar-refractivity contribution in [3.05, 3.63) is 12.3 Å². The van der Waals surface area contributed by atoms with Gasteiger partial charge in [-0.3, -0.25) is 4.68 Å². The number of hydrogen-bond donors (Lipinski definition) is 1. The Morgan fingerprint density at radius 1 is 1.79 bits per heavy atom. The van der Waals surface area contributed by atoms with Gasteiger partial charge in [0, 0.05) is 6.20 Å². The molecule has 1 aromatic rings. The van der Waals surface area contributed by atoms with Gasteiger partial charge >= 0.3 is 5.97 Å². The van der Waals surface area contributed by atoms with Crippen molar-refractivity contribution in [2.75, 3.05) is 12.8 Å². The highest BCUT2D eigenvalue weighted by Crippen LogP contribution is 2.15.